The average molecular weight is 286 g/mol. The van der Waals surface area contributed by atoms with Crippen molar-refractivity contribution in [2.75, 3.05) is 6.54 Å². The molecule has 1 atom stereocenters. The van der Waals surface area contributed by atoms with E-state index in [1.807, 2.05) is 11.3 Å². The van der Waals surface area contributed by atoms with E-state index in [0.29, 0.717) is 6.04 Å². The van der Waals surface area contributed by atoms with Gasteiger partial charge < -0.3 is 5.32 Å². The maximum atomic E-state index is 4.95. The van der Waals surface area contributed by atoms with Crippen molar-refractivity contribution < 1.29 is 0 Å². The fourth-order valence-electron chi connectivity index (χ4n) is 2.86. The molecule has 1 aliphatic carbocycles. The van der Waals surface area contributed by atoms with Crippen LogP contribution in [0.1, 0.15) is 47.5 Å². The van der Waals surface area contributed by atoms with Gasteiger partial charge in [-0.1, -0.05) is 19.1 Å². The van der Waals surface area contributed by atoms with Gasteiger partial charge >= 0.3 is 0 Å². The molecule has 0 saturated heterocycles. The number of nitrogens with zero attached hydrogens (tertiary/aromatic N) is 1. The second-order valence-corrected chi connectivity index (χ2v) is 6.71. The largest absolute Gasteiger partial charge is 0.309 e. The maximum Gasteiger partial charge on any atom is 0.123 e. The van der Waals surface area contributed by atoms with E-state index in [0.717, 1.165) is 6.54 Å². The predicted octanol–water partition coefficient (Wildman–Crippen LogP) is 4.41. The summed E-state index contributed by atoms with van der Waals surface area (Å²) in [7, 11) is 0. The maximum absolute atomic E-state index is 4.95. The predicted molar refractivity (Wildman–Crippen MR) is 86.4 cm³/mol. The first-order chi connectivity index (χ1) is 9.69. The summed E-state index contributed by atoms with van der Waals surface area (Å²) < 4.78 is 0. The van der Waals surface area contributed by atoms with Crippen molar-refractivity contribution in [1.29, 1.82) is 0 Å². The van der Waals surface area contributed by atoms with E-state index in [4.69, 9.17) is 4.98 Å². The van der Waals surface area contributed by atoms with Gasteiger partial charge in [0, 0.05) is 10.4 Å². The fourth-order valence-corrected chi connectivity index (χ4v) is 4.02. The highest BCUT2D eigenvalue weighted by atomic mass is 32.1. The topological polar surface area (TPSA) is 24.9 Å². The number of hydrogen-bond donors (Lipinski definition) is 1. The van der Waals surface area contributed by atoms with Crippen LogP contribution < -0.4 is 5.32 Å². The first kappa shape index (κ1) is 13.8. The first-order valence-electron chi connectivity index (χ1n) is 7.49. The van der Waals surface area contributed by atoms with Crippen LogP contribution in [0.25, 0.3) is 10.6 Å². The van der Waals surface area contributed by atoms with E-state index in [9.17, 15) is 0 Å². The van der Waals surface area contributed by atoms with Crippen molar-refractivity contribution in [3.63, 3.8) is 0 Å². The van der Waals surface area contributed by atoms with Crippen molar-refractivity contribution in [3.8, 4) is 10.6 Å². The molecule has 2 nitrogen and oxygen atoms in total. The molecule has 1 aromatic heterocycles. The SMILES string of the molecule is CCNC1CCCc2sc(-c3ccc(C)c(C)c3)nc21. The summed E-state index contributed by atoms with van der Waals surface area (Å²) in [4.78, 5) is 6.43. The molecular formula is C17H22N2S. The summed E-state index contributed by atoms with van der Waals surface area (Å²) in [5, 5.41) is 4.75. The molecule has 0 spiro atoms. The van der Waals surface area contributed by atoms with Gasteiger partial charge in [-0.15, -0.1) is 11.3 Å². The van der Waals surface area contributed by atoms with Gasteiger partial charge in [0.25, 0.3) is 0 Å². The van der Waals surface area contributed by atoms with Crippen molar-refractivity contribution in [2.45, 2.75) is 46.1 Å². The molecule has 1 aromatic carbocycles. The van der Waals surface area contributed by atoms with Crippen LogP contribution in [0.3, 0.4) is 0 Å². The van der Waals surface area contributed by atoms with Crippen molar-refractivity contribution in [1.82, 2.24) is 10.3 Å². The minimum Gasteiger partial charge on any atom is -0.309 e. The van der Waals surface area contributed by atoms with Gasteiger partial charge in [0.15, 0.2) is 0 Å². The van der Waals surface area contributed by atoms with Gasteiger partial charge in [-0.05, 0) is 56.8 Å². The van der Waals surface area contributed by atoms with E-state index in [-0.39, 0.29) is 0 Å². The molecule has 1 N–H and O–H groups in total. The number of nitrogens with one attached hydrogen (secondary N) is 1. The van der Waals surface area contributed by atoms with Gasteiger partial charge in [-0.3, -0.25) is 0 Å². The lowest BCUT2D eigenvalue weighted by molar-refractivity contribution is 0.465. The molecule has 1 heterocycles. The van der Waals surface area contributed by atoms with Crippen LogP contribution in [-0.4, -0.2) is 11.5 Å². The monoisotopic (exact) mass is 286 g/mol. The highest BCUT2D eigenvalue weighted by Crippen LogP contribution is 2.37. The Morgan fingerprint density at radius 3 is 2.90 bits per heavy atom. The molecule has 0 fully saturated rings. The van der Waals surface area contributed by atoms with Crippen molar-refractivity contribution in [3.05, 3.63) is 39.9 Å². The van der Waals surface area contributed by atoms with Crippen LogP contribution in [0.5, 0.6) is 0 Å². The Kier molecular flexibility index (Phi) is 3.90. The van der Waals surface area contributed by atoms with E-state index < -0.39 is 0 Å². The minimum absolute atomic E-state index is 0.459. The second-order valence-electron chi connectivity index (χ2n) is 5.63. The number of fused-ring (bicyclic) bond motifs is 1. The van der Waals surface area contributed by atoms with Crippen LogP contribution in [0.4, 0.5) is 0 Å². The Morgan fingerprint density at radius 2 is 2.15 bits per heavy atom. The van der Waals surface area contributed by atoms with Crippen LogP contribution >= 0.6 is 11.3 Å². The third-order valence-corrected chi connectivity index (χ3v) is 5.34. The smallest absolute Gasteiger partial charge is 0.123 e. The average Bonchev–Trinajstić information content (AvgIpc) is 2.87. The van der Waals surface area contributed by atoms with Gasteiger partial charge in [0.05, 0.1) is 11.7 Å². The number of thiazole rings is 1. The molecular weight excluding hydrogens is 264 g/mol. The third kappa shape index (κ3) is 2.52. The molecule has 0 bridgehead atoms. The zero-order valence-electron chi connectivity index (χ0n) is 12.5. The number of rotatable bonds is 3. The van der Waals surface area contributed by atoms with Crippen molar-refractivity contribution >= 4 is 11.3 Å². The van der Waals surface area contributed by atoms with Gasteiger partial charge in [-0.2, -0.15) is 0 Å². The van der Waals surface area contributed by atoms with E-state index in [1.165, 1.54) is 51.5 Å². The lowest BCUT2D eigenvalue weighted by atomic mass is 9.97. The van der Waals surface area contributed by atoms with Crippen LogP contribution in [0.2, 0.25) is 0 Å². The molecule has 106 valence electrons. The summed E-state index contributed by atoms with van der Waals surface area (Å²) in [5.41, 5.74) is 5.26. The highest BCUT2D eigenvalue weighted by Gasteiger charge is 2.24. The number of benzene rings is 1. The van der Waals surface area contributed by atoms with Crippen LogP contribution in [0.15, 0.2) is 18.2 Å². The number of hydrogen-bond acceptors (Lipinski definition) is 3. The number of aromatic nitrogens is 1. The lowest BCUT2D eigenvalue weighted by Gasteiger charge is -2.21. The van der Waals surface area contributed by atoms with Gasteiger partial charge in [0.1, 0.15) is 5.01 Å². The first-order valence-corrected chi connectivity index (χ1v) is 8.31. The molecule has 0 amide bonds. The Balaban J connectivity index is 1.97. The molecule has 0 saturated carbocycles. The van der Waals surface area contributed by atoms with Gasteiger partial charge in [-0.25, -0.2) is 4.98 Å². The lowest BCUT2D eigenvalue weighted by Crippen LogP contribution is -2.24. The summed E-state index contributed by atoms with van der Waals surface area (Å²) in [6.45, 7) is 7.52. The second kappa shape index (κ2) is 5.66. The van der Waals surface area contributed by atoms with Crippen molar-refractivity contribution in [2.24, 2.45) is 0 Å². The molecule has 3 heteroatoms. The third-order valence-electron chi connectivity index (χ3n) is 4.16. The zero-order chi connectivity index (χ0) is 14.1. The van der Waals surface area contributed by atoms with Crippen LogP contribution in [-0.2, 0) is 6.42 Å². The summed E-state index contributed by atoms with van der Waals surface area (Å²) in [5.74, 6) is 0. The van der Waals surface area contributed by atoms with E-state index in [1.54, 1.807) is 0 Å². The molecule has 0 radical (unpaired) electrons. The fraction of sp³-hybridized carbons (Fsp3) is 0.471. The number of aryl methyl sites for hydroxylation is 3. The zero-order valence-corrected chi connectivity index (χ0v) is 13.3. The van der Waals surface area contributed by atoms with Gasteiger partial charge in [0.2, 0.25) is 0 Å². The summed E-state index contributed by atoms with van der Waals surface area (Å²) >= 11 is 1.88. The molecule has 1 unspecified atom stereocenters. The molecule has 0 aliphatic heterocycles. The Bertz CT molecular complexity index is 615. The van der Waals surface area contributed by atoms with Crippen LogP contribution in [0, 0.1) is 13.8 Å². The Hall–Kier alpha value is -1.19. The minimum atomic E-state index is 0.459. The molecule has 2 aromatic rings. The molecule has 3 rings (SSSR count). The Morgan fingerprint density at radius 1 is 1.30 bits per heavy atom. The molecule has 1 aliphatic rings. The summed E-state index contributed by atoms with van der Waals surface area (Å²) in [6, 6.07) is 7.13. The highest BCUT2D eigenvalue weighted by molar-refractivity contribution is 7.15. The standard InChI is InChI=1S/C17H22N2S/c1-4-18-14-6-5-7-15-16(14)19-17(20-15)13-9-8-11(2)12(3)10-13/h8-10,14,18H,4-7H2,1-3H3. The van der Waals surface area contributed by atoms with E-state index in [2.05, 4.69) is 44.3 Å². The molecule has 20 heavy (non-hydrogen) atoms. The Labute approximate surface area is 125 Å². The van der Waals surface area contributed by atoms with E-state index >= 15 is 0 Å². The quantitative estimate of drug-likeness (QED) is 0.903. The summed E-state index contributed by atoms with van der Waals surface area (Å²) in [6.07, 6.45) is 3.69. The normalized spacial score (nSPS) is 18.1.